The van der Waals surface area contributed by atoms with E-state index in [0.29, 0.717) is 22.0 Å². The molecule has 1 unspecified atom stereocenters. The van der Waals surface area contributed by atoms with Crippen molar-refractivity contribution in [2.24, 2.45) is 4.36 Å². The molecule has 0 saturated heterocycles. The van der Waals surface area contributed by atoms with Gasteiger partial charge in [0.05, 0.1) is 47.7 Å². The van der Waals surface area contributed by atoms with Gasteiger partial charge in [0, 0.05) is 11.3 Å². The molecular weight excluding hydrogens is 457 g/mol. The summed E-state index contributed by atoms with van der Waals surface area (Å²) < 4.78 is 18.2. The monoisotopic (exact) mass is 467 g/mol. The van der Waals surface area contributed by atoms with E-state index in [1.165, 1.54) is 29.1 Å². The van der Waals surface area contributed by atoms with Gasteiger partial charge in [-0.1, -0.05) is 40.0 Å². The molecule has 0 saturated carbocycles. The predicted molar refractivity (Wildman–Crippen MR) is 111 cm³/mol. The smallest absolute Gasteiger partial charge is 0.264 e. The van der Waals surface area contributed by atoms with Gasteiger partial charge in [-0.25, -0.2) is 8.89 Å². The number of aromatic nitrogens is 3. The molecule has 0 radical (unpaired) electrons. The number of halogens is 3. The van der Waals surface area contributed by atoms with Crippen LogP contribution in [0.3, 0.4) is 0 Å². The number of nitriles is 1. The zero-order chi connectivity index (χ0) is 21.3. The Morgan fingerprint density at radius 1 is 1.17 bits per heavy atom. The molecule has 0 aliphatic carbocycles. The summed E-state index contributed by atoms with van der Waals surface area (Å²) in [6, 6.07) is 11.0. The zero-order valence-electron chi connectivity index (χ0n) is 15.1. The molecule has 11 heteroatoms. The van der Waals surface area contributed by atoms with Crippen LogP contribution in [-0.2, 0) is 9.73 Å². The molecule has 1 heterocycles. The molecule has 0 spiro atoms. The molecule has 0 aliphatic heterocycles. The summed E-state index contributed by atoms with van der Waals surface area (Å²) in [5.41, 5.74) is 1.08. The largest absolute Gasteiger partial charge is 0.307 e. The molecule has 148 valence electrons. The summed E-state index contributed by atoms with van der Waals surface area (Å²) in [6.45, 7) is 1.60. The van der Waals surface area contributed by atoms with Crippen molar-refractivity contribution in [1.82, 2.24) is 15.0 Å². The first-order valence-electron chi connectivity index (χ1n) is 7.98. The maximum atomic E-state index is 13.0. The topological polar surface area (TPSA) is 101 Å². The van der Waals surface area contributed by atoms with Crippen molar-refractivity contribution in [1.29, 1.82) is 5.26 Å². The Labute approximate surface area is 182 Å². The normalized spacial score (nSPS) is 12.8. The predicted octanol–water partition coefficient (Wildman–Crippen LogP) is 4.70. The van der Waals surface area contributed by atoms with Crippen molar-refractivity contribution < 1.29 is 9.00 Å². The first kappa shape index (κ1) is 21.3. The summed E-state index contributed by atoms with van der Waals surface area (Å²) in [5, 5.41) is 17.5. The molecule has 7 nitrogen and oxygen atoms in total. The third-order valence-electron chi connectivity index (χ3n) is 3.96. The maximum Gasteiger partial charge on any atom is 0.307 e. The highest BCUT2D eigenvalue weighted by Crippen LogP contribution is 2.27. The molecule has 3 aromatic rings. The lowest BCUT2D eigenvalue weighted by Crippen LogP contribution is -2.07. The molecule has 0 N–H and O–H groups in total. The lowest BCUT2D eigenvalue weighted by atomic mass is 10.2. The minimum Gasteiger partial charge on any atom is -0.264 e. The average Bonchev–Trinajstić information content (AvgIpc) is 3.04. The molecule has 1 atom stereocenters. The first-order chi connectivity index (χ1) is 13.6. The standard InChI is InChI=1S/C18H12Cl3N5O2S/c1-10-17(23-25-26(10)15-6-3-11(9-22)7-14(15)21)18(27)24-29(2,28)16-8-12(19)4-5-13(16)20/h3-8H,1-2H3. The Kier molecular flexibility index (Phi) is 5.96. The van der Waals surface area contributed by atoms with Gasteiger partial charge in [-0.3, -0.25) is 4.79 Å². The number of nitrogens with zero attached hydrogens (tertiary/aromatic N) is 5. The van der Waals surface area contributed by atoms with Gasteiger partial charge in [-0.2, -0.15) is 9.62 Å². The number of hydrogen-bond donors (Lipinski definition) is 0. The van der Waals surface area contributed by atoms with E-state index in [1.54, 1.807) is 25.1 Å². The molecule has 0 fully saturated rings. The van der Waals surface area contributed by atoms with Crippen LogP contribution in [0.4, 0.5) is 0 Å². The molecule has 0 aliphatic rings. The van der Waals surface area contributed by atoms with E-state index in [1.807, 2.05) is 6.07 Å². The van der Waals surface area contributed by atoms with Crippen LogP contribution in [0.2, 0.25) is 15.1 Å². The van der Waals surface area contributed by atoms with Crippen LogP contribution in [0.5, 0.6) is 0 Å². The minimum absolute atomic E-state index is 0.0850. The summed E-state index contributed by atoms with van der Waals surface area (Å²) in [4.78, 5) is 12.8. The Hall–Kier alpha value is -2.44. The first-order valence-corrected chi connectivity index (χ1v) is 11.0. The second kappa shape index (κ2) is 8.13. The van der Waals surface area contributed by atoms with Crippen molar-refractivity contribution in [2.45, 2.75) is 11.8 Å². The number of benzene rings is 2. The molecule has 0 bridgehead atoms. The van der Waals surface area contributed by atoms with Gasteiger partial charge in [0.15, 0.2) is 5.69 Å². The molecule has 29 heavy (non-hydrogen) atoms. The van der Waals surface area contributed by atoms with Gasteiger partial charge in [0.1, 0.15) is 0 Å². The summed E-state index contributed by atoms with van der Waals surface area (Å²) >= 11 is 18.2. The fourth-order valence-electron chi connectivity index (χ4n) is 2.52. The second-order valence-electron chi connectivity index (χ2n) is 5.99. The highest BCUT2D eigenvalue weighted by atomic mass is 35.5. The molecule has 3 rings (SSSR count). The second-order valence-corrected chi connectivity index (χ2v) is 9.47. The molecule has 1 amide bonds. The van der Waals surface area contributed by atoms with Crippen LogP contribution < -0.4 is 0 Å². The van der Waals surface area contributed by atoms with E-state index in [4.69, 9.17) is 40.1 Å². The van der Waals surface area contributed by atoms with Gasteiger partial charge >= 0.3 is 5.91 Å². The van der Waals surface area contributed by atoms with E-state index < -0.39 is 15.6 Å². The van der Waals surface area contributed by atoms with Crippen LogP contribution >= 0.6 is 34.8 Å². The van der Waals surface area contributed by atoms with Crippen LogP contribution in [0, 0.1) is 18.3 Å². The van der Waals surface area contributed by atoms with Gasteiger partial charge in [0.2, 0.25) is 0 Å². The minimum atomic E-state index is -3.18. The quantitative estimate of drug-likeness (QED) is 0.554. The number of carbonyl (C=O) groups is 1. The van der Waals surface area contributed by atoms with Crippen molar-refractivity contribution in [3.63, 3.8) is 0 Å². The van der Waals surface area contributed by atoms with Crippen molar-refractivity contribution in [3.8, 4) is 11.8 Å². The van der Waals surface area contributed by atoms with Gasteiger partial charge in [0.25, 0.3) is 0 Å². The SMILES string of the molecule is Cc1c(C(=O)N=S(C)(=O)c2cc(Cl)ccc2Cl)nnn1-c1ccc(C#N)cc1Cl. The van der Waals surface area contributed by atoms with E-state index in [2.05, 4.69) is 14.7 Å². The van der Waals surface area contributed by atoms with Gasteiger partial charge in [-0.05, 0) is 43.3 Å². The van der Waals surface area contributed by atoms with Gasteiger partial charge in [-0.15, -0.1) is 5.10 Å². The zero-order valence-corrected chi connectivity index (χ0v) is 18.1. The van der Waals surface area contributed by atoms with E-state index >= 15 is 0 Å². The van der Waals surface area contributed by atoms with Crippen LogP contribution in [-0.4, -0.2) is 31.4 Å². The number of amides is 1. The van der Waals surface area contributed by atoms with Crippen molar-refractivity contribution in [3.05, 3.63) is 68.4 Å². The Balaban J connectivity index is 2.04. The van der Waals surface area contributed by atoms with Gasteiger partial charge < -0.3 is 0 Å². The average molecular weight is 469 g/mol. The lowest BCUT2D eigenvalue weighted by molar-refractivity contribution is 0.0999. The fourth-order valence-corrected chi connectivity index (χ4v) is 4.84. The highest BCUT2D eigenvalue weighted by Gasteiger charge is 2.21. The van der Waals surface area contributed by atoms with E-state index in [9.17, 15) is 9.00 Å². The number of rotatable bonds is 3. The summed E-state index contributed by atoms with van der Waals surface area (Å²) in [7, 11) is -3.18. The lowest BCUT2D eigenvalue weighted by Gasteiger charge is -2.07. The maximum absolute atomic E-state index is 13.0. The molecule has 2 aromatic carbocycles. The summed E-state index contributed by atoms with van der Waals surface area (Å²) in [6.07, 6.45) is 1.29. The highest BCUT2D eigenvalue weighted by molar-refractivity contribution is 7.93. The van der Waals surface area contributed by atoms with E-state index in [-0.39, 0.29) is 20.6 Å². The van der Waals surface area contributed by atoms with Crippen LogP contribution in [0.25, 0.3) is 5.69 Å². The molecule has 1 aromatic heterocycles. The third-order valence-corrected chi connectivity index (χ3v) is 6.61. The third kappa shape index (κ3) is 4.28. The van der Waals surface area contributed by atoms with E-state index in [0.717, 1.165) is 0 Å². The van der Waals surface area contributed by atoms with Crippen molar-refractivity contribution in [2.75, 3.05) is 6.26 Å². The van der Waals surface area contributed by atoms with Crippen LogP contribution in [0.15, 0.2) is 45.7 Å². The Morgan fingerprint density at radius 2 is 1.90 bits per heavy atom. The Bertz CT molecular complexity index is 1300. The van der Waals surface area contributed by atoms with Crippen molar-refractivity contribution >= 4 is 50.4 Å². The number of hydrogen-bond acceptors (Lipinski definition) is 5. The summed E-state index contributed by atoms with van der Waals surface area (Å²) in [5.74, 6) is -0.818. The number of carbonyl (C=O) groups excluding carboxylic acids is 1. The molecular formula is C18H12Cl3N5O2S. The Morgan fingerprint density at radius 3 is 2.55 bits per heavy atom. The van der Waals surface area contributed by atoms with Crippen LogP contribution in [0.1, 0.15) is 21.7 Å². The fraction of sp³-hybridized carbons (Fsp3) is 0.111.